The highest BCUT2D eigenvalue weighted by Crippen LogP contribution is 2.37. The number of rotatable bonds is 2. The van der Waals surface area contributed by atoms with Crippen LogP contribution in [-0.4, -0.2) is 46.4 Å². The van der Waals surface area contributed by atoms with Gasteiger partial charge < -0.3 is 15.3 Å². The Balaban J connectivity index is 2.13. The molecule has 0 bridgehead atoms. The number of piperazine rings is 1. The summed E-state index contributed by atoms with van der Waals surface area (Å²) in [5.41, 5.74) is -0.895. The minimum Gasteiger partial charge on any atom is -0.481 e. The van der Waals surface area contributed by atoms with Crippen LogP contribution in [0.2, 0.25) is 0 Å². The van der Waals surface area contributed by atoms with Crippen LogP contribution in [0.3, 0.4) is 0 Å². The lowest BCUT2D eigenvalue weighted by molar-refractivity contribution is -0.162. The average molecular weight is 254 g/mol. The Labute approximate surface area is 105 Å². The van der Waals surface area contributed by atoms with Crippen molar-refractivity contribution in [1.82, 2.24) is 10.2 Å². The molecule has 1 aliphatic carbocycles. The zero-order chi connectivity index (χ0) is 13.5. The summed E-state index contributed by atoms with van der Waals surface area (Å²) in [5.74, 6) is -2.35. The van der Waals surface area contributed by atoms with E-state index >= 15 is 0 Å². The molecule has 0 aromatic rings. The number of hydrogen-bond acceptors (Lipinski definition) is 3. The Hall–Kier alpha value is -1.59. The van der Waals surface area contributed by atoms with E-state index in [1.807, 2.05) is 0 Å². The van der Waals surface area contributed by atoms with Crippen LogP contribution in [0.25, 0.3) is 0 Å². The molecule has 1 saturated heterocycles. The van der Waals surface area contributed by atoms with Crippen LogP contribution in [0, 0.1) is 11.8 Å². The maximum atomic E-state index is 12.3. The largest absolute Gasteiger partial charge is 0.481 e. The predicted molar refractivity (Wildman–Crippen MR) is 62.7 cm³/mol. The van der Waals surface area contributed by atoms with Crippen molar-refractivity contribution in [3.05, 3.63) is 0 Å². The molecule has 2 fully saturated rings. The van der Waals surface area contributed by atoms with Gasteiger partial charge in [-0.1, -0.05) is 0 Å². The monoisotopic (exact) mass is 254 g/mol. The summed E-state index contributed by atoms with van der Waals surface area (Å²) >= 11 is 0. The van der Waals surface area contributed by atoms with E-state index in [-0.39, 0.29) is 11.8 Å². The molecule has 1 saturated carbocycles. The van der Waals surface area contributed by atoms with Crippen LogP contribution in [0.5, 0.6) is 0 Å². The lowest BCUT2D eigenvalue weighted by atomic mass is 9.72. The van der Waals surface area contributed by atoms with Crippen molar-refractivity contribution in [3.8, 4) is 0 Å². The highest BCUT2D eigenvalue weighted by molar-refractivity contribution is 5.94. The zero-order valence-electron chi connectivity index (χ0n) is 10.6. The fourth-order valence-electron chi connectivity index (χ4n) is 2.58. The number of carboxylic acids is 1. The van der Waals surface area contributed by atoms with E-state index in [1.165, 1.54) is 4.90 Å². The molecule has 2 N–H and O–H groups in total. The summed E-state index contributed by atoms with van der Waals surface area (Å²) in [6.45, 7) is 4.25. The summed E-state index contributed by atoms with van der Waals surface area (Å²) in [7, 11) is 0. The van der Waals surface area contributed by atoms with Gasteiger partial charge >= 0.3 is 5.97 Å². The Kier molecular flexibility index (Phi) is 3.04. The van der Waals surface area contributed by atoms with E-state index in [1.54, 1.807) is 13.8 Å². The second-order valence-corrected chi connectivity index (χ2v) is 5.43. The summed E-state index contributed by atoms with van der Waals surface area (Å²) in [6, 6.07) is 0. The number of nitrogens with zero attached hydrogens (tertiary/aromatic N) is 1. The van der Waals surface area contributed by atoms with Gasteiger partial charge in [0.05, 0.1) is 11.8 Å². The molecule has 1 aliphatic heterocycles. The molecule has 0 aromatic carbocycles. The third-order valence-corrected chi connectivity index (χ3v) is 4.03. The van der Waals surface area contributed by atoms with E-state index < -0.39 is 23.3 Å². The molecule has 6 heteroatoms. The lowest BCUT2D eigenvalue weighted by Gasteiger charge is -2.45. The van der Waals surface area contributed by atoms with Crippen molar-refractivity contribution < 1.29 is 19.5 Å². The smallest absolute Gasteiger partial charge is 0.307 e. The first-order valence-electron chi connectivity index (χ1n) is 6.18. The highest BCUT2D eigenvalue weighted by atomic mass is 16.4. The van der Waals surface area contributed by atoms with Gasteiger partial charge in [0, 0.05) is 13.1 Å². The fraction of sp³-hybridized carbons (Fsp3) is 0.750. The fourth-order valence-corrected chi connectivity index (χ4v) is 2.58. The SMILES string of the molecule is CC1(C)C(=O)NCCN1C(=O)C1CCC1C(=O)O. The maximum Gasteiger partial charge on any atom is 0.307 e. The Morgan fingerprint density at radius 3 is 2.44 bits per heavy atom. The van der Waals surface area contributed by atoms with Crippen molar-refractivity contribution in [1.29, 1.82) is 0 Å². The van der Waals surface area contributed by atoms with Crippen LogP contribution >= 0.6 is 0 Å². The van der Waals surface area contributed by atoms with Crippen molar-refractivity contribution in [2.45, 2.75) is 32.2 Å². The lowest BCUT2D eigenvalue weighted by Crippen LogP contribution is -2.65. The summed E-state index contributed by atoms with van der Waals surface area (Å²) in [4.78, 5) is 36.6. The molecule has 0 radical (unpaired) electrons. The van der Waals surface area contributed by atoms with Gasteiger partial charge in [0.2, 0.25) is 11.8 Å². The minimum absolute atomic E-state index is 0.187. The second-order valence-electron chi connectivity index (χ2n) is 5.43. The van der Waals surface area contributed by atoms with E-state index in [2.05, 4.69) is 5.32 Å². The highest BCUT2D eigenvalue weighted by Gasteiger charge is 2.48. The van der Waals surface area contributed by atoms with E-state index in [0.29, 0.717) is 25.9 Å². The zero-order valence-corrected chi connectivity index (χ0v) is 10.6. The topological polar surface area (TPSA) is 86.7 Å². The molecule has 2 unspecified atom stereocenters. The van der Waals surface area contributed by atoms with Gasteiger partial charge in [-0.2, -0.15) is 0 Å². The first-order valence-corrected chi connectivity index (χ1v) is 6.18. The molecular formula is C12H18N2O4. The Morgan fingerprint density at radius 2 is 1.94 bits per heavy atom. The molecule has 18 heavy (non-hydrogen) atoms. The first kappa shape index (κ1) is 12.9. The normalized spacial score (nSPS) is 30.3. The summed E-state index contributed by atoms with van der Waals surface area (Å²) < 4.78 is 0. The minimum atomic E-state index is -0.918. The number of carbonyl (C=O) groups excluding carboxylic acids is 2. The quantitative estimate of drug-likeness (QED) is 0.716. The van der Waals surface area contributed by atoms with Crippen molar-refractivity contribution in [2.75, 3.05) is 13.1 Å². The van der Waals surface area contributed by atoms with Gasteiger partial charge in [0.25, 0.3) is 0 Å². The van der Waals surface area contributed by atoms with Crippen LogP contribution in [-0.2, 0) is 14.4 Å². The third-order valence-electron chi connectivity index (χ3n) is 4.03. The van der Waals surface area contributed by atoms with Crippen LogP contribution in [0.15, 0.2) is 0 Å². The number of carboxylic acid groups (broad SMARTS) is 1. The van der Waals surface area contributed by atoms with E-state index in [9.17, 15) is 14.4 Å². The maximum absolute atomic E-state index is 12.3. The number of nitrogens with one attached hydrogen (secondary N) is 1. The molecule has 6 nitrogen and oxygen atoms in total. The molecular weight excluding hydrogens is 236 g/mol. The molecule has 2 rings (SSSR count). The van der Waals surface area contributed by atoms with Crippen LogP contribution in [0.4, 0.5) is 0 Å². The molecule has 2 atom stereocenters. The summed E-state index contributed by atoms with van der Waals surface area (Å²) in [5, 5.41) is 11.7. The molecule has 0 spiro atoms. The van der Waals surface area contributed by atoms with E-state index in [0.717, 1.165) is 0 Å². The van der Waals surface area contributed by atoms with Gasteiger partial charge in [0.15, 0.2) is 0 Å². The van der Waals surface area contributed by atoms with Gasteiger partial charge in [-0.05, 0) is 26.7 Å². The number of hydrogen-bond donors (Lipinski definition) is 2. The molecule has 1 heterocycles. The Bertz CT molecular complexity index is 405. The Morgan fingerprint density at radius 1 is 1.33 bits per heavy atom. The van der Waals surface area contributed by atoms with Gasteiger partial charge in [-0.3, -0.25) is 14.4 Å². The molecule has 2 amide bonds. The molecule has 0 aromatic heterocycles. The predicted octanol–water partition coefficient (Wildman–Crippen LogP) is -0.166. The van der Waals surface area contributed by atoms with E-state index in [4.69, 9.17) is 5.11 Å². The number of carbonyl (C=O) groups is 3. The third kappa shape index (κ3) is 1.85. The van der Waals surface area contributed by atoms with Gasteiger partial charge in [-0.15, -0.1) is 0 Å². The van der Waals surface area contributed by atoms with Crippen molar-refractivity contribution >= 4 is 17.8 Å². The molecule has 2 aliphatic rings. The second kappa shape index (κ2) is 4.26. The number of aliphatic carboxylic acids is 1. The van der Waals surface area contributed by atoms with Crippen molar-refractivity contribution in [2.24, 2.45) is 11.8 Å². The average Bonchev–Trinajstić information content (AvgIpc) is 2.19. The van der Waals surface area contributed by atoms with Gasteiger partial charge in [-0.25, -0.2) is 0 Å². The standard InChI is InChI=1S/C12H18N2O4/c1-12(2)11(18)13-5-6-14(12)9(15)7-3-4-8(7)10(16)17/h7-8H,3-6H2,1-2H3,(H,13,18)(H,16,17). The van der Waals surface area contributed by atoms with Gasteiger partial charge in [0.1, 0.15) is 5.54 Å². The summed E-state index contributed by atoms with van der Waals surface area (Å²) in [6.07, 6.45) is 1.15. The van der Waals surface area contributed by atoms with Crippen LogP contribution in [0.1, 0.15) is 26.7 Å². The molecule has 100 valence electrons. The number of amides is 2. The van der Waals surface area contributed by atoms with Crippen molar-refractivity contribution in [3.63, 3.8) is 0 Å². The first-order chi connectivity index (χ1) is 8.35. The van der Waals surface area contributed by atoms with Crippen LogP contribution < -0.4 is 5.32 Å².